The number of hydrogen-bond acceptors (Lipinski definition) is 6. The molecule has 4 aromatic rings. The number of carbonyl (C=O) groups is 1. The van der Waals surface area contributed by atoms with Gasteiger partial charge in [-0.05, 0) is 44.4 Å². The average molecular weight is 558 g/mol. The first-order valence-corrected chi connectivity index (χ1v) is 13.4. The maximum absolute atomic E-state index is 16.1. The van der Waals surface area contributed by atoms with Crippen LogP contribution in [0.5, 0.6) is 0 Å². The molecule has 0 aliphatic carbocycles. The number of aliphatic hydroxyl groups is 1. The summed E-state index contributed by atoms with van der Waals surface area (Å²) in [6.07, 6.45) is 3.04. The Balaban J connectivity index is 1.61. The standard InChI is InChI=1S/C30H29F2N7O2/c1-30(2,41)15-39-24-12-21(31)19(10-17(24)13-36-39)25-20-14-35-29(40)26(20)28(38-8-6-18(33)7-9-38)37-27(25)16-4-5-23(34-3)22(32)11-16/h4-5,10-13,18,41H,6-9,14-15,33H2,1-2H3,(H,35,40). The average Bonchev–Trinajstić information content (AvgIpc) is 3.50. The largest absolute Gasteiger partial charge is 0.389 e. The van der Waals surface area contributed by atoms with Crippen LogP contribution in [0.25, 0.3) is 38.1 Å². The second-order valence-electron chi connectivity index (χ2n) is 11.3. The van der Waals surface area contributed by atoms with E-state index in [1.54, 1.807) is 36.9 Å². The summed E-state index contributed by atoms with van der Waals surface area (Å²) in [6.45, 7) is 12.0. The normalized spacial score (nSPS) is 15.7. The summed E-state index contributed by atoms with van der Waals surface area (Å²) in [5.74, 6) is -1.14. The van der Waals surface area contributed by atoms with Crippen LogP contribution in [0.2, 0.25) is 0 Å². The molecular weight excluding hydrogens is 528 g/mol. The summed E-state index contributed by atoms with van der Waals surface area (Å²) in [5.41, 5.74) is 7.61. The Morgan fingerprint density at radius 2 is 1.93 bits per heavy atom. The highest BCUT2D eigenvalue weighted by Crippen LogP contribution is 2.43. The van der Waals surface area contributed by atoms with Crippen LogP contribution in [-0.4, -0.2) is 50.5 Å². The molecule has 210 valence electrons. The first-order valence-electron chi connectivity index (χ1n) is 13.4. The van der Waals surface area contributed by atoms with E-state index in [-0.39, 0.29) is 36.3 Å². The van der Waals surface area contributed by atoms with Crippen LogP contribution < -0.4 is 16.0 Å². The molecule has 1 amide bonds. The van der Waals surface area contributed by atoms with Gasteiger partial charge in [0.2, 0.25) is 5.69 Å². The van der Waals surface area contributed by atoms with E-state index in [0.29, 0.717) is 57.8 Å². The Bertz CT molecular complexity index is 1740. The summed E-state index contributed by atoms with van der Waals surface area (Å²) in [4.78, 5) is 23.3. The first kappa shape index (κ1) is 26.8. The van der Waals surface area contributed by atoms with Gasteiger partial charge in [0, 0.05) is 53.8 Å². The second kappa shape index (κ2) is 9.90. The topological polar surface area (TPSA) is 114 Å². The monoisotopic (exact) mass is 557 g/mol. The van der Waals surface area contributed by atoms with Crippen molar-refractivity contribution >= 4 is 28.3 Å². The lowest BCUT2D eigenvalue weighted by molar-refractivity contribution is 0.0591. The van der Waals surface area contributed by atoms with E-state index in [0.717, 1.165) is 12.8 Å². The molecule has 2 aromatic heterocycles. The van der Waals surface area contributed by atoms with Crippen LogP contribution in [0, 0.1) is 18.2 Å². The molecule has 41 heavy (non-hydrogen) atoms. The van der Waals surface area contributed by atoms with Crippen molar-refractivity contribution in [3.05, 3.63) is 70.7 Å². The zero-order valence-corrected chi connectivity index (χ0v) is 22.7. The van der Waals surface area contributed by atoms with E-state index < -0.39 is 17.2 Å². The van der Waals surface area contributed by atoms with Gasteiger partial charge in [-0.1, -0.05) is 12.1 Å². The van der Waals surface area contributed by atoms with E-state index >= 15 is 4.39 Å². The van der Waals surface area contributed by atoms with Gasteiger partial charge in [-0.2, -0.15) is 5.10 Å². The first-order chi connectivity index (χ1) is 19.5. The molecule has 2 aliphatic rings. The van der Waals surface area contributed by atoms with Crippen molar-refractivity contribution in [2.75, 3.05) is 18.0 Å². The second-order valence-corrected chi connectivity index (χ2v) is 11.3. The van der Waals surface area contributed by atoms with Gasteiger partial charge in [0.1, 0.15) is 17.5 Å². The van der Waals surface area contributed by atoms with Crippen molar-refractivity contribution in [2.45, 2.75) is 51.4 Å². The Hall–Kier alpha value is -4.40. The van der Waals surface area contributed by atoms with Crippen molar-refractivity contribution < 1.29 is 18.7 Å². The number of carbonyl (C=O) groups excluding carboxylic acids is 1. The molecule has 2 aliphatic heterocycles. The van der Waals surface area contributed by atoms with Crippen LogP contribution in [0.3, 0.4) is 0 Å². The van der Waals surface area contributed by atoms with Crippen LogP contribution in [0.4, 0.5) is 20.3 Å². The molecular formula is C30H29F2N7O2. The number of amides is 1. The summed E-state index contributed by atoms with van der Waals surface area (Å²) >= 11 is 0. The fourth-order valence-electron chi connectivity index (χ4n) is 5.66. The highest BCUT2D eigenvalue weighted by Gasteiger charge is 2.34. The molecule has 4 N–H and O–H groups in total. The SMILES string of the molecule is [C-]#[N+]c1ccc(-c2nc(N3CCC(N)CC3)c3c(c2-c2cc4cnn(CC(C)(C)O)c4cc2F)CNC3=O)cc1F. The number of aromatic nitrogens is 3. The highest BCUT2D eigenvalue weighted by atomic mass is 19.1. The van der Waals surface area contributed by atoms with Crippen LogP contribution in [-0.2, 0) is 13.1 Å². The van der Waals surface area contributed by atoms with E-state index in [9.17, 15) is 14.3 Å². The minimum atomic E-state index is -1.06. The molecule has 0 saturated carbocycles. The molecule has 0 spiro atoms. The predicted octanol–water partition coefficient (Wildman–Crippen LogP) is 4.54. The zero-order valence-electron chi connectivity index (χ0n) is 22.7. The lowest BCUT2D eigenvalue weighted by atomic mass is 9.91. The molecule has 4 heterocycles. The lowest BCUT2D eigenvalue weighted by Gasteiger charge is -2.33. The maximum Gasteiger partial charge on any atom is 0.255 e. The van der Waals surface area contributed by atoms with E-state index in [1.165, 1.54) is 18.2 Å². The van der Waals surface area contributed by atoms with Gasteiger partial charge in [-0.3, -0.25) is 9.48 Å². The number of nitrogens with zero attached hydrogens (tertiary/aromatic N) is 5. The predicted molar refractivity (Wildman–Crippen MR) is 151 cm³/mol. The quantitative estimate of drug-likeness (QED) is 0.311. The minimum absolute atomic E-state index is 0.0558. The molecule has 6 rings (SSSR count). The molecule has 0 unspecified atom stereocenters. The minimum Gasteiger partial charge on any atom is -0.389 e. The number of anilines is 1. The summed E-state index contributed by atoms with van der Waals surface area (Å²) in [7, 11) is 0. The van der Waals surface area contributed by atoms with Gasteiger partial charge < -0.3 is 21.1 Å². The third-order valence-electron chi connectivity index (χ3n) is 7.65. The Morgan fingerprint density at radius 3 is 2.61 bits per heavy atom. The fraction of sp³-hybridized carbons (Fsp3) is 0.333. The molecule has 11 heteroatoms. The van der Waals surface area contributed by atoms with Crippen LogP contribution in [0.1, 0.15) is 42.6 Å². The molecule has 0 radical (unpaired) electrons. The number of benzene rings is 2. The zero-order chi connectivity index (χ0) is 29.1. The van der Waals surface area contributed by atoms with Gasteiger partial charge in [0.15, 0.2) is 0 Å². The highest BCUT2D eigenvalue weighted by molar-refractivity contribution is 6.07. The van der Waals surface area contributed by atoms with Gasteiger partial charge in [0.25, 0.3) is 5.91 Å². The lowest BCUT2D eigenvalue weighted by Crippen LogP contribution is -2.40. The van der Waals surface area contributed by atoms with E-state index in [2.05, 4.69) is 15.3 Å². The Kier molecular flexibility index (Phi) is 6.47. The van der Waals surface area contributed by atoms with Crippen LogP contribution in [0.15, 0.2) is 36.5 Å². The third kappa shape index (κ3) is 4.79. The van der Waals surface area contributed by atoms with Crippen molar-refractivity contribution in [3.8, 4) is 22.4 Å². The number of nitrogens with one attached hydrogen (secondary N) is 1. The van der Waals surface area contributed by atoms with Crippen molar-refractivity contribution in [1.82, 2.24) is 20.1 Å². The molecule has 9 nitrogen and oxygen atoms in total. The van der Waals surface area contributed by atoms with Crippen molar-refractivity contribution in [3.63, 3.8) is 0 Å². The molecule has 2 aromatic carbocycles. The van der Waals surface area contributed by atoms with Crippen LogP contribution >= 0.6 is 0 Å². The van der Waals surface area contributed by atoms with E-state index in [4.69, 9.17) is 17.3 Å². The number of piperidine rings is 1. The number of nitrogens with two attached hydrogens (primary N) is 1. The number of halogens is 2. The summed E-state index contributed by atoms with van der Waals surface area (Å²) in [5, 5.41) is 18.1. The third-order valence-corrected chi connectivity index (χ3v) is 7.65. The fourth-order valence-corrected chi connectivity index (χ4v) is 5.66. The maximum atomic E-state index is 16.1. The van der Waals surface area contributed by atoms with Gasteiger partial charge in [-0.25, -0.2) is 18.6 Å². The Morgan fingerprint density at radius 1 is 1.17 bits per heavy atom. The number of rotatable bonds is 5. The van der Waals surface area contributed by atoms with Crippen molar-refractivity contribution in [2.24, 2.45) is 5.73 Å². The van der Waals surface area contributed by atoms with E-state index in [1.807, 2.05) is 4.90 Å². The summed E-state index contributed by atoms with van der Waals surface area (Å²) < 4.78 is 32.5. The number of hydrogen-bond donors (Lipinski definition) is 3. The van der Waals surface area contributed by atoms with Gasteiger partial charge in [0.05, 0.1) is 41.7 Å². The number of fused-ring (bicyclic) bond motifs is 2. The van der Waals surface area contributed by atoms with Crippen molar-refractivity contribution in [1.29, 1.82) is 0 Å². The molecule has 0 atom stereocenters. The molecule has 1 fully saturated rings. The summed E-state index contributed by atoms with van der Waals surface area (Å²) in [6, 6.07) is 7.24. The van der Waals surface area contributed by atoms with Gasteiger partial charge in [-0.15, -0.1) is 0 Å². The Labute approximate surface area is 235 Å². The number of pyridine rings is 1. The van der Waals surface area contributed by atoms with Gasteiger partial charge >= 0.3 is 0 Å². The molecule has 0 bridgehead atoms. The smallest absolute Gasteiger partial charge is 0.255 e. The molecule has 1 saturated heterocycles.